The van der Waals surface area contributed by atoms with Gasteiger partial charge in [-0.15, -0.1) is 0 Å². The van der Waals surface area contributed by atoms with Crippen molar-refractivity contribution in [2.24, 2.45) is 0 Å². The summed E-state index contributed by atoms with van der Waals surface area (Å²) in [5.41, 5.74) is 2.16. The molecule has 2 rings (SSSR count). The molecule has 1 aliphatic carbocycles. The first-order valence-electron chi connectivity index (χ1n) is 7.41. The Morgan fingerprint density at radius 1 is 1.25 bits per heavy atom. The normalized spacial score (nSPS) is 20.6. The van der Waals surface area contributed by atoms with Crippen LogP contribution in [0, 0.1) is 6.92 Å². The predicted octanol–water partition coefficient (Wildman–Crippen LogP) is 4.40. The van der Waals surface area contributed by atoms with E-state index in [-0.39, 0.29) is 11.9 Å². The number of aryl methyl sites for hydroxylation is 1. The fraction of sp³-hybridized carbons (Fsp3) is 0.389. The lowest BCUT2D eigenvalue weighted by atomic mass is 10.0. The Kier molecular flexibility index (Phi) is 5.16. The van der Waals surface area contributed by atoms with Gasteiger partial charge < -0.3 is 4.90 Å². The fourth-order valence-electron chi connectivity index (χ4n) is 2.64. The Bertz CT molecular complexity index is 487. The second-order valence-corrected chi connectivity index (χ2v) is 5.38. The molecule has 1 aromatic carbocycles. The van der Waals surface area contributed by atoms with Crippen molar-refractivity contribution in [1.29, 1.82) is 0 Å². The summed E-state index contributed by atoms with van der Waals surface area (Å²) < 4.78 is 0. The molecule has 1 atom stereocenters. The molecule has 0 bridgehead atoms. The van der Waals surface area contributed by atoms with E-state index in [4.69, 9.17) is 0 Å². The molecule has 0 aliphatic heterocycles. The first kappa shape index (κ1) is 14.6. The summed E-state index contributed by atoms with van der Waals surface area (Å²) in [5.74, 6) is -0.0240. The van der Waals surface area contributed by atoms with Crippen molar-refractivity contribution in [3.8, 4) is 0 Å². The van der Waals surface area contributed by atoms with Crippen LogP contribution in [0.3, 0.4) is 0 Å². The van der Waals surface area contributed by atoms with Crippen molar-refractivity contribution in [1.82, 2.24) is 0 Å². The van der Waals surface area contributed by atoms with E-state index in [1.165, 1.54) is 30.9 Å². The van der Waals surface area contributed by atoms with E-state index in [1.807, 2.05) is 29.2 Å². The van der Waals surface area contributed by atoms with Crippen LogP contribution in [0.15, 0.2) is 49.1 Å². The molecule has 106 valence electrons. The summed E-state index contributed by atoms with van der Waals surface area (Å²) in [5, 5.41) is 0. The number of rotatable bonds is 3. The van der Waals surface area contributed by atoms with Crippen molar-refractivity contribution >= 4 is 11.6 Å². The van der Waals surface area contributed by atoms with Crippen LogP contribution < -0.4 is 4.90 Å². The van der Waals surface area contributed by atoms with Gasteiger partial charge in [-0.25, -0.2) is 0 Å². The van der Waals surface area contributed by atoms with Crippen molar-refractivity contribution in [2.45, 2.75) is 45.1 Å². The van der Waals surface area contributed by atoms with Crippen LogP contribution >= 0.6 is 0 Å². The fourth-order valence-corrected chi connectivity index (χ4v) is 2.64. The highest BCUT2D eigenvalue weighted by Crippen LogP contribution is 2.24. The number of hydrogen-bond donors (Lipinski definition) is 0. The molecule has 0 radical (unpaired) electrons. The summed E-state index contributed by atoms with van der Waals surface area (Å²) in [6.07, 6.45) is 11.6. The quantitative estimate of drug-likeness (QED) is 0.588. The van der Waals surface area contributed by atoms with Crippen LogP contribution in [0.25, 0.3) is 0 Å². The highest BCUT2D eigenvalue weighted by atomic mass is 16.2. The number of amides is 1. The maximum Gasteiger partial charge on any atom is 0.250 e. The van der Waals surface area contributed by atoms with Crippen LogP contribution in [0.2, 0.25) is 0 Å². The zero-order chi connectivity index (χ0) is 14.4. The van der Waals surface area contributed by atoms with Gasteiger partial charge in [0.15, 0.2) is 0 Å². The van der Waals surface area contributed by atoms with Gasteiger partial charge in [0.05, 0.1) is 6.04 Å². The molecule has 0 N–H and O–H groups in total. The standard InChI is InChI=1S/C18H23NO/c1-3-18(20)19(17-13-11-15(2)12-14-17)16-9-7-5-4-6-8-10-16/h3,7,9,11-14,16H,1,4-6,8,10H2,2H3/b9-7-. The smallest absolute Gasteiger partial charge is 0.250 e. The lowest BCUT2D eigenvalue weighted by Crippen LogP contribution is -2.38. The number of allylic oxidation sites excluding steroid dienone is 1. The Hall–Kier alpha value is -1.83. The topological polar surface area (TPSA) is 20.3 Å². The molecule has 20 heavy (non-hydrogen) atoms. The van der Waals surface area contributed by atoms with Crippen LogP contribution in [-0.2, 0) is 4.79 Å². The molecule has 1 aliphatic rings. The summed E-state index contributed by atoms with van der Waals surface area (Å²) in [6.45, 7) is 5.70. The largest absolute Gasteiger partial charge is 0.302 e. The minimum Gasteiger partial charge on any atom is -0.302 e. The molecular formula is C18H23NO. The minimum atomic E-state index is -0.0240. The van der Waals surface area contributed by atoms with Crippen molar-refractivity contribution in [3.05, 3.63) is 54.6 Å². The first-order chi connectivity index (χ1) is 9.72. The van der Waals surface area contributed by atoms with Crippen LogP contribution in [0.4, 0.5) is 5.69 Å². The second-order valence-electron chi connectivity index (χ2n) is 5.38. The maximum absolute atomic E-state index is 12.3. The lowest BCUT2D eigenvalue weighted by molar-refractivity contribution is -0.114. The maximum atomic E-state index is 12.3. The average molecular weight is 269 g/mol. The summed E-state index contributed by atoms with van der Waals surface area (Å²) >= 11 is 0. The molecule has 0 heterocycles. The molecule has 1 aromatic rings. The van der Waals surface area contributed by atoms with E-state index in [1.54, 1.807) is 0 Å². The molecular weight excluding hydrogens is 246 g/mol. The molecule has 1 amide bonds. The molecule has 2 heteroatoms. The van der Waals surface area contributed by atoms with Gasteiger partial charge in [0, 0.05) is 5.69 Å². The van der Waals surface area contributed by atoms with Gasteiger partial charge in [-0.05, 0) is 44.4 Å². The first-order valence-corrected chi connectivity index (χ1v) is 7.41. The van der Waals surface area contributed by atoms with Gasteiger partial charge >= 0.3 is 0 Å². The Labute approximate surface area is 121 Å². The monoisotopic (exact) mass is 269 g/mol. The Morgan fingerprint density at radius 2 is 2.00 bits per heavy atom. The van der Waals surface area contributed by atoms with Crippen LogP contribution in [-0.4, -0.2) is 11.9 Å². The van der Waals surface area contributed by atoms with E-state index >= 15 is 0 Å². The molecule has 0 saturated carbocycles. The van der Waals surface area contributed by atoms with Crippen molar-refractivity contribution in [2.75, 3.05) is 4.90 Å². The van der Waals surface area contributed by atoms with Gasteiger partial charge in [0.1, 0.15) is 0 Å². The highest BCUT2D eigenvalue weighted by molar-refractivity contribution is 6.01. The Morgan fingerprint density at radius 3 is 2.70 bits per heavy atom. The SMILES string of the molecule is C=CC(=O)N(c1ccc(C)cc1)C1/C=C\CCCCC1. The molecule has 1 unspecified atom stereocenters. The summed E-state index contributed by atoms with van der Waals surface area (Å²) in [6, 6.07) is 8.27. The summed E-state index contributed by atoms with van der Waals surface area (Å²) in [4.78, 5) is 14.1. The zero-order valence-electron chi connectivity index (χ0n) is 12.2. The van der Waals surface area contributed by atoms with Crippen LogP contribution in [0.1, 0.15) is 37.7 Å². The van der Waals surface area contributed by atoms with E-state index < -0.39 is 0 Å². The van der Waals surface area contributed by atoms with E-state index in [0.29, 0.717) is 0 Å². The summed E-state index contributed by atoms with van der Waals surface area (Å²) in [7, 11) is 0. The molecule has 0 saturated heterocycles. The number of benzene rings is 1. The van der Waals surface area contributed by atoms with E-state index in [9.17, 15) is 4.79 Å². The number of anilines is 1. The van der Waals surface area contributed by atoms with Crippen molar-refractivity contribution < 1.29 is 4.79 Å². The molecule has 0 aromatic heterocycles. The Balaban J connectivity index is 2.30. The number of carbonyl (C=O) groups excluding carboxylic acids is 1. The number of nitrogens with zero attached hydrogens (tertiary/aromatic N) is 1. The van der Waals surface area contributed by atoms with Crippen molar-refractivity contribution in [3.63, 3.8) is 0 Å². The van der Waals surface area contributed by atoms with E-state index in [0.717, 1.165) is 18.5 Å². The van der Waals surface area contributed by atoms with Crippen LogP contribution in [0.5, 0.6) is 0 Å². The third-order valence-electron chi connectivity index (χ3n) is 3.78. The van der Waals surface area contributed by atoms with Gasteiger partial charge in [-0.3, -0.25) is 4.79 Å². The third-order valence-corrected chi connectivity index (χ3v) is 3.78. The number of carbonyl (C=O) groups is 1. The average Bonchev–Trinajstić information content (AvgIpc) is 2.42. The van der Waals surface area contributed by atoms with Gasteiger partial charge in [-0.2, -0.15) is 0 Å². The van der Waals surface area contributed by atoms with Gasteiger partial charge in [0.25, 0.3) is 5.91 Å². The highest BCUT2D eigenvalue weighted by Gasteiger charge is 2.21. The lowest BCUT2D eigenvalue weighted by Gasteiger charge is -2.30. The molecule has 0 fully saturated rings. The van der Waals surface area contributed by atoms with Gasteiger partial charge in [0.2, 0.25) is 0 Å². The zero-order valence-corrected chi connectivity index (χ0v) is 12.2. The minimum absolute atomic E-state index is 0.0240. The molecule has 0 spiro atoms. The predicted molar refractivity (Wildman–Crippen MR) is 84.9 cm³/mol. The number of hydrogen-bond acceptors (Lipinski definition) is 1. The third kappa shape index (κ3) is 3.60. The van der Waals surface area contributed by atoms with Gasteiger partial charge in [-0.1, -0.05) is 49.3 Å². The van der Waals surface area contributed by atoms with E-state index in [2.05, 4.69) is 25.7 Å². The molecule has 2 nitrogen and oxygen atoms in total. The second kappa shape index (κ2) is 7.09.